The summed E-state index contributed by atoms with van der Waals surface area (Å²) in [5.74, 6) is -0.102. The van der Waals surface area contributed by atoms with Crippen LogP contribution in [-0.4, -0.2) is 40.8 Å². The van der Waals surface area contributed by atoms with Crippen LogP contribution < -0.4 is 18.9 Å². The zero-order chi connectivity index (χ0) is 84.4. The summed E-state index contributed by atoms with van der Waals surface area (Å²) in [5.41, 5.74) is -1.73. The first-order valence-corrected chi connectivity index (χ1v) is 40.5. The minimum absolute atomic E-state index is 0. The molecule has 20 rings (SSSR count). The summed E-state index contributed by atoms with van der Waals surface area (Å²) in [6, 6.07) is 86.2. The van der Waals surface area contributed by atoms with E-state index < -0.39 is 52.7 Å². The molecule has 0 atom stereocenters. The van der Waals surface area contributed by atoms with Gasteiger partial charge in [-0.1, -0.05) is 190 Å². The van der Waals surface area contributed by atoms with Crippen LogP contribution in [0.5, 0.6) is 46.5 Å². The Balaban J connectivity index is 0.000000143. The fourth-order valence-corrected chi connectivity index (χ4v) is 16.4. The number of nitrogens with zero attached hydrogens (tertiary/aromatic N) is 8. The second-order valence-corrected chi connectivity index (χ2v) is 30.7. The number of rotatable bonds is 13. The maximum absolute atomic E-state index is 13.7. The minimum Gasteiger partial charge on any atom is -0.437 e. The molecule has 12 aromatic carbocycles. The van der Waals surface area contributed by atoms with Crippen LogP contribution in [0.1, 0.15) is 34.7 Å². The van der Waals surface area contributed by atoms with E-state index >= 15 is 0 Å². The molecule has 0 aliphatic carbocycles. The van der Waals surface area contributed by atoms with Crippen LogP contribution in [0.2, 0.25) is 0 Å². The third-order valence-electron chi connectivity index (χ3n) is 19.3. The van der Waals surface area contributed by atoms with Gasteiger partial charge < -0.3 is 18.9 Å². The van der Waals surface area contributed by atoms with E-state index in [-0.39, 0.29) is 110 Å². The fourth-order valence-electron chi connectivity index (χ4n) is 13.7. The Labute approximate surface area is 778 Å². The minimum atomic E-state index is -5.32. The molecule has 0 spiro atoms. The van der Waals surface area contributed by atoms with Crippen molar-refractivity contribution >= 4 is 132 Å². The van der Waals surface area contributed by atoms with Crippen molar-refractivity contribution in [2.45, 2.75) is 38.0 Å². The first kappa shape index (κ1) is 92.5. The maximum atomic E-state index is 13.7. The zero-order valence-electron chi connectivity index (χ0n) is 64.1. The van der Waals surface area contributed by atoms with Gasteiger partial charge in [0.2, 0.25) is 23.5 Å². The maximum Gasteiger partial charge on any atom is 0.420 e. The van der Waals surface area contributed by atoms with Gasteiger partial charge >= 0.3 is 24.7 Å². The van der Waals surface area contributed by atoms with E-state index in [0.717, 1.165) is 128 Å². The van der Waals surface area contributed by atoms with Crippen molar-refractivity contribution in [3.05, 3.63) is 334 Å². The van der Waals surface area contributed by atoms with Gasteiger partial charge in [-0.3, -0.25) is 0 Å². The number of para-hydroxylation sites is 2. The normalized spacial score (nSPS) is 11.5. The second kappa shape index (κ2) is 39.4. The van der Waals surface area contributed by atoms with E-state index in [2.05, 4.69) is 108 Å². The van der Waals surface area contributed by atoms with Crippen molar-refractivity contribution in [3.8, 4) is 88.8 Å². The Bertz CT molecular complexity index is 7270. The summed E-state index contributed by atoms with van der Waals surface area (Å²) in [7, 11) is 0. The van der Waals surface area contributed by atoms with Crippen molar-refractivity contribution in [2.24, 2.45) is 0 Å². The van der Waals surface area contributed by atoms with E-state index in [4.69, 9.17) is 18.9 Å². The van der Waals surface area contributed by atoms with Crippen LogP contribution >= 0.6 is 45.3 Å². The molecule has 0 unspecified atom stereocenters. The predicted molar refractivity (Wildman–Crippen MR) is 452 cm³/mol. The molecule has 20 aromatic rings. The monoisotopic (exact) mass is 2480 g/mol. The molecule has 126 heavy (non-hydrogen) atoms. The molecule has 4 radical (unpaired) electrons. The van der Waals surface area contributed by atoms with Crippen LogP contribution in [0.4, 0.5) is 52.7 Å². The van der Waals surface area contributed by atoms with Gasteiger partial charge in [-0.05, 0) is 149 Å². The number of halogens is 12. The van der Waals surface area contributed by atoms with Crippen molar-refractivity contribution in [3.63, 3.8) is 0 Å². The standard InChI is InChI=1S/C24H11F6N2OS.C24H17N2OS.2C23H12F3N2OS.4Ir/c25-23(26,27)17-7-3-8-18(20(17)24(28,29)30)33-22-16-12-14-6-2-1-5-13(14)11-15(16)21(31-32-22)19-9-4-10-34-19;1-2-16-8-5-6-11-21(16)27-24-20-15-18-10-4-3-9-17(18)14-19(20)23(25-26-24)22-12-7-13-28-22;24-23(25,26)16-7-3-8-17(13-16)29-22-19-12-15-6-2-1-5-14(15)11-18(19)21(27-28-22)20-9-4-10-30-20;24-23(25,26)18-8-3-4-9-19(18)29-22-17-13-15-7-2-1-6-14(15)12-16(17)21(27-28-22)20-10-5-11-30-20;;;;/h1-8,10-12H;3-11,13-15H,2H2,1H3;1-8,10-13H;1-9,11-13H;;;;/q4*-1;;;;. The van der Waals surface area contributed by atoms with Gasteiger partial charge in [-0.15, -0.1) is 41.9 Å². The van der Waals surface area contributed by atoms with E-state index in [0.29, 0.717) is 55.5 Å². The first-order chi connectivity index (χ1) is 58.9. The average Bonchev–Trinajstić information content (AvgIpc) is 0.865. The van der Waals surface area contributed by atoms with Crippen molar-refractivity contribution in [1.29, 1.82) is 0 Å². The third kappa shape index (κ3) is 20.1. The summed E-state index contributed by atoms with van der Waals surface area (Å²) in [5, 5.41) is 54.9. The number of hydrogen-bond donors (Lipinski definition) is 0. The summed E-state index contributed by atoms with van der Waals surface area (Å²) >= 11 is 5.91. The molecular weight excluding hydrogens is 2430 g/mol. The molecule has 0 fully saturated rings. The molecule has 0 aliphatic heterocycles. The van der Waals surface area contributed by atoms with Crippen LogP contribution in [0.25, 0.3) is 128 Å². The summed E-state index contributed by atoms with van der Waals surface area (Å²) < 4.78 is 184. The number of aryl methyl sites for hydroxylation is 1. The fraction of sp³-hybridized carbons (Fsp3) is 0.0638. The summed E-state index contributed by atoms with van der Waals surface area (Å²) in [6.07, 6.45) is -18.6. The van der Waals surface area contributed by atoms with Gasteiger partial charge in [-0.25, -0.2) is 65.7 Å². The quantitative estimate of drug-likeness (QED) is 0.0616. The van der Waals surface area contributed by atoms with Gasteiger partial charge in [0.25, 0.3) is 0 Å². The number of thiophene rings is 4. The zero-order valence-corrected chi connectivity index (χ0v) is 76.9. The summed E-state index contributed by atoms with van der Waals surface area (Å²) in [4.78, 5) is 3.25. The number of alkyl halides is 12. The van der Waals surface area contributed by atoms with Crippen molar-refractivity contribution in [2.75, 3.05) is 0 Å². The Kier molecular flexibility index (Phi) is 28.9. The smallest absolute Gasteiger partial charge is 0.420 e. The molecule has 8 heterocycles. The van der Waals surface area contributed by atoms with E-state index in [1.54, 1.807) is 53.1 Å². The SMILES string of the molecule is CCc1ccccc1Oc1nnc(-c2[c-]ccs2)c2cc3ccccc3cc12.FC(F)(F)c1cccc(Oc2nnc(-c3[c-]ccs3)c3cc4ccccc4cc23)c1.FC(F)(F)c1cccc(Oc2nnc(-c3[c-]ccs3)c3cc4ccccc4cc23)c1C(F)(F)F.FC(F)(F)c1ccccc1Oc1nnc(-c2[c-]ccs2)c2cc3ccccc3cc12.[Ir].[Ir].[Ir].[Ir]. The number of fused-ring (bicyclic) bond motifs is 8. The molecule has 0 saturated carbocycles. The Morgan fingerprint density at radius 1 is 0.278 bits per heavy atom. The number of aromatic nitrogens is 8. The van der Waals surface area contributed by atoms with Gasteiger partial charge in [0.05, 0.1) is 16.7 Å². The van der Waals surface area contributed by atoms with Crippen LogP contribution in [0.15, 0.2) is 282 Å². The molecule has 12 nitrogen and oxygen atoms in total. The van der Waals surface area contributed by atoms with E-state index in [9.17, 15) is 52.7 Å². The topological polar surface area (TPSA) is 140 Å². The molecule has 8 aromatic heterocycles. The Morgan fingerprint density at radius 3 is 0.905 bits per heavy atom. The Morgan fingerprint density at radius 2 is 0.571 bits per heavy atom. The first-order valence-electron chi connectivity index (χ1n) is 36.9. The van der Waals surface area contributed by atoms with E-state index in [1.807, 2.05) is 137 Å². The molecule has 32 heteroatoms. The van der Waals surface area contributed by atoms with Crippen molar-refractivity contribution in [1.82, 2.24) is 40.8 Å². The van der Waals surface area contributed by atoms with Gasteiger partial charge in [0.15, 0.2) is 0 Å². The number of benzene rings is 12. The summed E-state index contributed by atoms with van der Waals surface area (Å²) in [6.45, 7) is 2.12. The van der Waals surface area contributed by atoms with Gasteiger partial charge in [0, 0.05) is 125 Å². The molecule has 0 aliphatic rings. The van der Waals surface area contributed by atoms with Crippen molar-refractivity contribution < 1.29 is 152 Å². The number of ether oxygens (including phenoxy) is 4. The molecule has 0 saturated heterocycles. The van der Waals surface area contributed by atoms with Crippen LogP contribution in [0, 0.1) is 24.3 Å². The largest absolute Gasteiger partial charge is 0.437 e. The molecule has 0 N–H and O–H groups in total. The van der Waals surface area contributed by atoms with Gasteiger partial charge in [-0.2, -0.15) is 101 Å². The van der Waals surface area contributed by atoms with Crippen LogP contribution in [-0.2, 0) is 112 Å². The van der Waals surface area contributed by atoms with E-state index in [1.165, 1.54) is 69.7 Å². The second-order valence-electron chi connectivity index (χ2n) is 27.0. The average molecular weight is 2480 g/mol. The number of hydrogen-bond acceptors (Lipinski definition) is 16. The Hall–Kier alpha value is -11.2. The molecule has 0 bridgehead atoms. The molecular formula is C94H52F12Ir4N8O4S4-4. The molecule has 640 valence electrons. The third-order valence-corrected chi connectivity index (χ3v) is 22.6. The van der Waals surface area contributed by atoms with Crippen LogP contribution in [0.3, 0.4) is 0 Å². The molecule has 0 amide bonds. The predicted octanol–water partition coefficient (Wildman–Crippen LogP) is 29.0. The van der Waals surface area contributed by atoms with Gasteiger partial charge in [0.1, 0.15) is 28.6 Å².